The summed E-state index contributed by atoms with van der Waals surface area (Å²) in [6, 6.07) is 17.7. The second kappa shape index (κ2) is 11.4. The number of anilines is 2. The van der Waals surface area contributed by atoms with E-state index in [1.807, 2.05) is 12.1 Å². The summed E-state index contributed by atoms with van der Waals surface area (Å²) in [6.45, 7) is 0.357. The smallest absolute Gasteiger partial charge is 0.262 e. The average molecular weight is 530 g/mol. The van der Waals surface area contributed by atoms with Crippen LogP contribution in [0.1, 0.15) is 12.0 Å². The topological polar surface area (TPSA) is 87.7 Å². The molecule has 0 bridgehead atoms. The van der Waals surface area contributed by atoms with Gasteiger partial charge in [0.1, 0.15) is 11.6 Å². The van der Waals surface area contributed by atoms with Crippen molar-refractivity contribution >= 4 is 52.3 Å². The molecular weight excluding hydrogens is 508 g/mol. The number of hydrogen-bond donors (Lipinski definition) is 2. The minimum absolute atomic E-state index is 0.0953. The molecule has 1 saturated heterocycles. The van der Waals surface area contributed by atoms with Crippen LogP contribution < -0.4 is 20.3 Å². The normalized spacial score (nSPS) is 15.0. The molecule has 7 nitrogen and oxygen atoms in total. The van der Waals surface area contributed by atoms with Crippen molar-refractivity contribution in [3.8, 4) is 5.75 Å². The first-order chi connectivity index (χ1) is 17.3. The van der Waals surface area contributed by atoms with E-state index in [2.05, 4.69) is 10.6 Å². The summed E-state index contributed by atoms with van der Waals surface area (Å²) in [4.78, 5) is 38.8. The maximum absolute atomic E-state index is 13.2. The number of carbonyl (C=O) groups is 3. The van der Waals surface area contributed by atoms with Gasteiger partial charge in [-0.15, -0.1) is 0 Å². The first kappa shape index (κ1) is 25.5. The third-order valence-corrected chi connectivity index (χ3v) is 6.14. The highest BCUT2D eigenvalue weighted by Gasteiger charge is 2.35. The SMILES string of the molecule is O=C(COc1ccc(N2C[C@H](C(=O)NCc3ccc(Cl)cc3)CC2=O)cc1)Nc1ccc(F)c(Cl)c1. The average Bonchev–Trinajstić information content (AvgIpc) is 3.26. The van der Waals surface area contributed by atoms with E-state index in [9.17, 15) is 18.8 Å². The minimum atomic E-state index is -0.577. The van der Waals surface area contributed by atoms with Crippen LogP contribution in [-0.2, 0) is 20.9 Å². The standard InChI is InChI=1S/C26H22Cl2FN3O4/c27-18-3-1-16(2-4-18)13-30-26(35)17-11-25(34)32(14-17)20-6-8-21(9-7-20)36-15-24(33)31-19-5-10-23(29)22(28)12-19/h1-10,12,17H,11,13-15H2,(H,30,35)(H,31,33)/t17-/m1/s1. The summed E-state index contributed by atoms with van der Waals surface area (Å²) in [6.07, 6.45) is 0.123. The molecule has 4 rings (SSSR count). The first-order valence-electron chi connectivity index (χ1n) is 11.1. The van der Waals surface area contributed by atoms with Crippen molar-refractivity contribution in [2.24, 2.45) is 5.92 Å². The molecule has 10 heteroatoms. The second-order valence-corrected chi connectivity index (χ2v) is 9.05. The van der Waals surface area contributed by atoms with E-state index in [1.165, 1.54) is 12.1 Å². The fraction of sp³-hybridized carbons (Fsp3) is 0.192. The lowest BCUT2D eigenvalue weighted by atomic mass is 10.1. The van der Waals surface area contributed by atoms with Gasteiger partial charge in [-0.2, -0.15) is 0 Å². The zero-order chi connectivity index (χ0) is 25.7. The number of nitrogens with zero attached hydrogens (tertiary/aromatic N) is 1. The summed E-state index contributed by atoms with van der Waals surface area (Å²) in [5.74, 6) is -1.38. The maximum Gasteiger partial charge on any atom is 0.262 e. The van der Waals surface area contributed by atoms with Gasteiger partial charge in [0.15, 0.2) is 6.61 Å². The molecule has 1 aliphatic rings. The molecule has 1 heterocycles. The lowest BCUT2D eigenvalue weighted by molar-refractivity contribution is -0.126. The molecule has 2 N–H and O–H groups in total. The molecule has 0 aromatic heterocycles. The van der Waals surface area contributed by atoms with Gasteiger partial charge in [0, 0.05) is 35.9 Å². The molecule has 1 aliphatic heterocycles. The summed E-state index contributed by atoms with van der Waals surface area (Å²) < 4.78 is 18.7. The molecule has 0 unspecified atom stereocenters. The summed E-state index contributed by atoms with van der Waals surface area (Å²) in [5.41, 5.74) is 1.90. The number of amides is 3. The van der Waals surface area contributed by atoms with Crippen LogP contribution >= 0.6 is 23.2 Å². The third-order valence-electron chi connectivity index (χ3n) is 5.60. The first-order valence-corrected chi connectivity index (χ1v) is 11.8. The Balaban J connectivity index is 1.26. The van der Waals surface area contributed by atoms with Crippen molar-refractivity contribution in [1.29, 1.82) is 0 Å². The summed E-state index contributed by atoms with van der Waals surface area (Å²) in [7, 11) is 0. The van der Waals surface area contributed by atoms with Gasteiger partial charge in [-0.05, 0) is 60.2 Å². The van der Waals surface area contributed by atoms with Crippen molar-refractivity contribution in [3.05, 3.63) is 88.2 Å². The Morgan fingerprint density at radius 2 is 1.75 bits per heavy atom. The number of nitrogens with one attached hydrogen (secondary N) is 2. The van der Waals surface area contributed by atoms with E-state index in [-0.39, 0.29) is 36.4 Å². The quantitative estimate of drug-likeness (QED) is 0.437. The Morgan fingerprint density at radius 1 is 1.03 bits per heavy atom. The monoisotopic (exact) mass is 529 g/mol. The summed E-state index contributed by atoms with van der Waals surface area (Å²) >= 11 is 11.6. The molecule has 36 heavy (non-hydrogen) atoms. The predicted octanol–water partition coefficient (Wildman–Crippen LogP) is 4.82. The van der Waals surface area contributed by atoms with Gasteiger partial charge in [-0.3, -0.25) is 14.4 Å². The Morgan fingerprint density at radius 3 is 2.44 bits per heavy atom. The molecule has 3 aromatic carbocycles. The Kier molecular flexibility index (Phi) is 8.07. The van der Waals surface area contributed by atoms with Crippen molar-refractivity contribution in [2.75, 3.05) is 23.4 Å². The fourth-order valence-electron chi connectivity index (χ4n) is 3.71. The third kappa shape index (κ3) is 6.53. The molecule has 0 spiro atoms. The van der Waals surface area contributed by atoms with Gasteiger partial charge in [0.25, 0.3) is 5.91 Å². The molecule has 3 aromatic rings. The lowest BCUT2D eigenvalue weighted by Gasteiger charge is -2.17. The van der Waals surface area contributed by atoms with E-state index in [0.29, 0.717) is 28.7 Å². The van der Waals surface area contributed by atoms with Crippen LogP contribution in [0, 0.1) is 11.7 Å². The molecule has 1 fully saturated rings. The van der Waals surface area contributed by atoms with Crippen LogP contribution in [0.4, 0.5) is 15.8 Å². The number of rotatable bonds is 8. The number of ether oxygens (including phenoxy) is 1. The highest BCUT2D eigenvalue weighted by atomic mass is 35.5. The Bertz CT molecular complexity index is 1270. The molecular formula is C26H22Cl2FN3O4. The van der Waals surface area contributed by atoms with E-state index < -0.39 is 17.6 Å². The Hall–Kier alpha value is -3.62. The minimum Gasteiger partial charge on any atom is -0.484 e. The number of halogens is 3. The number of hydrogen-bond acceptors (Lipinski definition) is 4. The number of carbonyl (C=O) groups excluding carboxylic acids is 3. The summed E-state index contributed by atoms with van der Waals surface area (Å²) in [5, 5.41) is 5.96. The van der Waals surface area contributed by atoms with Gasteiger partial charge < -0.3 is 20.3 Å². The van der Waals surface area contributed by atoms with Crippen molar-refractivity contribution < 1.29 is 23.5 Å². The van der Waals surface area contributed by atoms with E-state index in [4.69, 9.17) is 27.9 Å². The van der Waals surface area contributed by atoms with E-state index in [0.717, 1.165) is 11.6 Å². The van der Waals surface area contributed by atoms with Crippen molar-refractivity contribution in [3.63, 3.8) is 0 Å². The highest BCUT2D eigenvalue weighted by Crippen LogP contribution is 2.27. The van der Waals surface area contributed by atoms with Crippen LogP contribution in [0.25, 0.3) is 0 Å². The van der Waals surface area contributed by atoms with Gasteiger partial charge >= 0.3 is 0 Å². The molecule has 0 aliphatic carbocycles. The zero-order valence-corrected chi connectivity index (χ0v) is 20.5. The zero-order valence-electron chi connectivity index (χ0n) is 19.0. The largest absolute Gasteiger partial charge is 0.484 e. The van der Waals surface area contributed by atoms with Gasteiger partial charge in [-0.1, -0.05) is 35.3 Å². The van der Waals surface area contributed by atoms with Crippen LogP contribution in [0.3, 0.4) is 0 Å². The highest BCUT2D eigenvalue weighted by molar-refractivity contribution is 6.31. The van der Waals surface area contributed by atoms with Crippen molar-refractivity contribution in [2.45, 2.75) is 13.0 Å². The molecule has 3 amide bonds. The van der Waals surface area contributed by atoms with Crippen molar-refractivity contribution in [1.82, 2.24) is 5.32 Å². The molecule has 1 atom stereocenters. The van der Waals surface area contributed by atoms with Gasteiger partial charge in [0.05, 0.1) is 10.9 Å². The van der Waals surface area contributed by atoms with Gasteiger partial charge in [0.2, 0.25) is 11.8 Å². The maximum atomic E-state index is 13.2. The van der Waals surface area contributed by atoms with E-state index >= 15 is 0 Å². The van der Waals surface area contributed by atoms with Crippen LogP contribution in [0.2, 0.25) is 10.0 Å². The Labute approximate surface area is 217 Å². The fourth-order valence-corrected chi connectivity index (χ4v) is 4.02. The second-order valence-electron chi connectivity index (χ2n) is 8.21. The predicted molar refractivity (Wildman–Crippen MR) is 136 cm³/mol. The van der Waals surface area contributed by atoms with Crippen LogP contribution in [0.15, 0.2) is 66.7 Å². The van der Waals surface area contributed by atoms with Crippen LogP contribution in [-0.4, -0.2) is 30.9 Å². The molecule has 0 radical (unpaired) electrons. The van der Waals surface area contributed by atoms with Crippen LogP contribution in [0.5, 0.6) is 5.75 Å². The molecule has 0 saturated carbocycles. The van der Waals surface area contributed by atoms with Gasteiger partial charge in [-0.25, -0.2) is 4.39 Å². The lowest BCUT2D eigenvalue weighted by Crippen LogP contribution is -2.32. The number of benzene rings is 3. The molecule has 186 valence electrons. The van der Waals surface area contributed by atoms with E-state index in [1.54, 1.807) is 41.3 Å².